The summed E-state index contributed by atoms with van der Waals surface area (Å²) in [6.07, 6.45) is 7.08. The van der Waals surface area contributed by atoms with Crippen molar-refractivity contribution in [2.45, 2.75) is 57.0 Å². The number of pyridine rings is 1. The number of hydrogen-bond donors (Lipinski definition) is 1. The molecule has 5 heteroatoms. The Balaban J connectivity index is 1.47. The molecule has 1 aromatic rings. The summed E-state index contributed by atoms with van der Waals surface area (Å²) >= 11 is 0. The zero-order valence-electron chi connectivity index (χ0n) is 13.5. The molecule has 2 amide bonds. The normalized spacial score (nSPS) is 27.4. The van der Waals surface area contributed by atoms with Gasteiger partial charge in [-0.25, -0.2) is 4.79 Å². The number of nitrogens with zero attached hydrogens (tertiary/aromatic N) is 2. The van der Waals surface area contributed by atoms with E-state index in [0.717, 1.165) is 44.6 Å². The van der Waals surface area contributed by atoms with E-state index in [9.17, 15) is 9.59 Å². The van der Waals surface area contributed by atoms with Crippen LogP contribution in [0.4, 0.5) is 4.79 Å². The average Bonchev–Trinajstić information content (AvgIpc) is 2.57. The Labute approximate surface area is 136 Å². The van der Waals surface area contributed by atoms with Crippen molar-refractivity contribution in [1.29, 1.82) is 0 Å². The standard InChI is InChI=1S/C18H25N3O2/c22-17-8-4-7-16-14-9-13(11-21(16)17)10-20(12-14)18(23)19-15-5-2-1-3-6-15/h4,7-8,13-15H,1-3,5-6,9-12H2,(H,19,23)/t13-,14-/m1/s1. The van der Waals surface area contributed by atoms with Crippen LogP contribution in [0.5, 0.6) is 0 Å². The second kappa shape index (κ2) is 6.02. The first-order chi connectivity index (χ1) is 11.2. The van der Waals surface area contributed by atoms with Crippen molar-refractivity contribution in [1.82, 2.24) is 14.8 Å². The first-order valence-electron chi connectivity index (χ1n) is 8.96. The topological polar surface area (TPSA) is 54.3 Å². The maximum atomic E-state index is 12.6. The number of rotatable bonds is 1. The highest BCUT2D eigenvalue weighted by Crippen LogP contribution is 2.35. The van der Waals surface area contributed by atoms with Crippen molar-refractivity contribution in [3.8, 4) is 0 Å². The van der Waals surface area contributed by atoms with E-state index in [2.05, 4.69) is 5.32 Å². The average molecular weight is 315 g/mol. The highest BCUT2D eigenvalue weighted by Gasteiger charge is 2.36. The summed E-state index contributed by atoms with van der Waals surface area (Å²) in [6.45, 7) is 2.26. The highest BCUT2D eigenvalue weighted by atomic mass is 16.2. The van der Waals surface area contributed by atoms with Gasteiger partial charge in [0.2, 0.25) is 0 Å². The van der Waals surface area contributed by atoms with E-state index < -0.39 is 0 Å². The van der Waals surface area contributed by atoms with E-state index in [-0.39, 0.29) is 11.6 Å². The second-order valence-electron chi connectivity index (χ2n) is 7.39. The molecule has 1 aliphatic carbocycles. The van der Waals surface area contributed by atoms with E-state index in [1.165, 1.54) is 19.3 Å². The minimum Gasteiger partial charge on any atom is -0.335 e. The molecule has 1 saturated carbocycles. The van der Waals surface area contributed by atoms with Gasteiger partial charge in [0.25, 0.3) is 5.56 Å². The van der Waals surface area contributed by atoms with Gasteiger partial charge in [0.1, 0.15) is 0 Å². The summed E-state index contributed by atoms with van der Waals surface area (Å²) in [7, 11) is 0. The number of piperidine rings is 1. The Kier molecular flexibility index (Phi) is 3.87. The molecule has 4 rings (SSSR count). The van der Waals surface area contributed by atoms with Crippen LogP contribution in [0.1, 0.15) is 50.1 Å². The lowest BCUT2D eigenvalue weighted by Gasteiger charge is -2.43. The molecular weight excluding hydrogens is 290 g/mol. The molecule has 2 bridgehead atoms. The molecule has 0 aromatic carbocycles. The number of carbonyl (C=O) groups excluding carboxylic acids is 1. The Hall–Kier alpha value is -1.78. The lowest BCUT2D eigenvalue weighted by molar-refractivity contribution is 0.127. The molecule has 0 unspecified atom stereocenters. The predicted molar refractivity (Wildman–Crippen MR) is 88.5 cm³/mol. The summed E-state index contributed by atoms with van der Waals surface area (Å²) < 4.78 is 1.91. The van der Waals surface area contributed by atoms with Crippen LogP contribution in [0.3, 0.4) is 0 Å². The van der Waals surface area contributed by atoms with Crippen molar-refractivity contribution in [3.63, 3.8) is 0 Å². The molecule has 2 aliphatic heterocycles. The Bertz CT molecular complexity index is 648. The molecular formula is C18H25N3O2. The minimum atomic E-state index is 0.0947. The fourth-order valence-corrected chi connectivity index (χ4v) is 4.58. The molecule has 2 atom stereocenters. The molecule has 0 spiro atoms. The third-order valence-corrected chi connectivity index (χ3v) is 5.70. The largest absolute Gasteiger partial charge is 0.335 e. The minimum absolute atomic E-state index is 0.0947. The monoisotopic (exact) mass is 315 g/mol. The molecule has 3 heterocycles. The van der Waals surface area contributed by atoms with Crippen molar-refractivity contribution < 1.29 is 4.79 Å². The zero-order valence-corrected chi connectivity index (χ0v) is 13.5. The molecule has 1 aromatic heterocycles. The molecule has 0 radical (unpaired) electrons. The highest BCUT2D eigenvalue weighted by molar-refractivity contribution is 5.74. The molecule has 2 fully saturated rings. The number of carbonyl (C=O) groups is 1. The van der Waals surface area contributed by atoms with Gasteiger partial charge < -0.3 is 14.8 Å². The van der Waals surface area contributed by atoms with Crippen LogP contribution < -0.4 is 10.9 Å². The fourth-order valence-electron chi connectivity index (χ4n) is 4.58. The van der Waals surface area contributed by atoms with Crippen molar-refractivity contribution >= 4 is 6.03 Å². The fraction of sp³-hybridized carbons (Fsp3) is 0.667. The van der Waals surface area contributed by atoms with E-state index in [4.69, 9.17) is 0 Å². The number of nitrogens with one attached hydrogen (secondary N) is 1. The van der Waals surface area contributed by atoms with E-state index >= 15 is 0 Å². The van der Waals surface area contributed by atoms with Crippen molar-refractivity contribution in [3.05, 3.63) is 34.2 Å². The number of urea groups is 1. The summed E-state index contributed by atoms with van der Waals surface area (Å²) in [5.74, 6) is 0.701. The lowest BCUT2D eigenvalue weighted by atomic mass is 9.83. The summed E-state index contributed by atoms with van der Waals surface area (Å²) in [5.41, 5.74) is 1.20. The Morgan fingerprint density at radius 3 is 2.74 bits per heavy atom. The first-order valence-corrected chi connectivity index (χ1v) is 8.96. The maximum absolute atomic E-state index is 12.6. The van der Waals surface area contributed by atoms with Crippen LogP contribution in [0, 0.1) is 5.92 Å². The van der Waals surface area contributed by atoms with Crippen LogP contribution in [-0.2, 0) is 6.54 Å². The summed E-state index contributed by atoms with van der Waals surface area (Å²) in [5, 5.41) is 3.23. The van der Waals surface area contributed by atoms with Gasteiger partial charge in [-0.3, -0.25) is 4.79 Å². The van der Waals surface area contributed by atoms with E-state index in [1.807, 2.05) is 21.6 Å². The lowest BCUT2D eigenvalue weighted by Crippen LogP contribution is -2.53. The van der Waals surface area contributed by atoms with Gasteiger partial charge >= 0.3 is 6.03 Å². The SMILES string of the molecule is O=C(NC1CCCCC1)N1C[C@H]2C[C@H](C1)c1cccc(=O)n1C2. The second-order valence-corrected chi connectivity index (χ2v) is 7.39. The summed E-state index contributed by atoms with van der Waals surface area (Å²) in [6, 6.07) is 5.98. The molecule has 3 aliphatic rings. The van der Waals surface area contributed by atoms with Crippen LogP contribution in [0.2, 0.25) is 0 Å². The molecule has 1 N–H and O–H groups in total. The van der Waals surface area contributed by atoms with Gasteiger partial charge in [0, 0.05) is 43.4 Å². The van der Waals surface area contributed by atoms with E-state index in [0.29, 0.717) is 17.9 Å². The number of amides is 2. The smallest absolute Gasteiger partial charge is 0.317 e. The molecule has 124 valence electrons. The first kappa shape index (κ1) is 14.8. The van der Waals surface area contributed by atoms with Crippen LogP contribution >= 0.6 is 0 Å². The summed E-state index contributed by atoms with van der Waals surface area (Å²) in [4.78, 5) is 26.6. The third kappa shape index (κ3) is 2.89. The van der Waals surface area contributed by atoms with Crippen molar-refractivity contribution in [2.24, 2.45) is 5.92 Å². The van der Waals surface area contributed by atoms with Gasteiger partial charge in [0.15, 0.2) is 0 Å². The number of fused-ring (bicyclic) bond motifs is 4. The maximum Gasteiger partial charge on any atom is 0.317 e. The number of hydrogen-bond acceptors (Lipinski definition) is 2. The van der Waals surface area contributed by atoms with Gasteiger partial charge in [-0.1, -0.05) is 25.3 Å². The van der Waals surface area contributed by atoms with Crippen LogP contribution in [0.15, 0.2) is 23.0 Å². The number of likely N-dealkylation sites (tertiary alicyclic amines) is 1. The van der Waals surface area contributed by atoms with Crippen LogP contribution in [0.25, 0.3) is 0 Å². The van der Waals surface area contributed by atoms with Gasteiger partial charge in [0.05, 0.1) is 0 Å². The zero-order chi connectivity index (χ0) is 15.8. The molecule has 1 saturated heterocycles. The van der Waals surface area contributed by atoms with Crippen LogP contribution in [-0.4, -0.2) is 34.6 Å². The third-order valence-electron chi connectivity index (χ3n) is 5.70. The molecule has 23 heavy (non-hydrogen) atoms. The van der Waals surface area contributed by atoms with Gasteiger partial charge in [-0.05, 0) is 31.2 Å². The predicted octanol–water partition coefficient (Wildman–Crippen LogP) is 2.31. The van der Waals surface area contributed by atoms with E-state index in [1.54, 1.807) is 6.07 Å². The Morgan fingerprint density at radius 2 is 1.91 bits per heavy atom. The Morgan fingerprint density at radius 1 is 1.09 bits per heavy atom. The van der Waals surface area contributed by atoms with Gasteiger partial charge in [-0.2, -0.15) is 0 Å². The quantitative estimate of drug-likeness (QED) is 0.864. The van der Waals surface area contributed by atoms with Crippen molar-refractivity contribution in [2.75, 3.05) is 13.1 Å². The molecule has 5 nitrogen and oxygen atoms in total. The van der Waals surface area contributed by atoms with Gasteiger partial charge in [-0.15, -0.1) is 0 Å². The number of aromatic nitrogens is 1.